The van der Waals surface area contributed by atoms with Crippen LogP contribution in [-0.2, 0) is 27.8 Å². The third-order valence-electron chi connectivity index (χ3n) is 5.35. The van der Waals surface area contributed by atoms with Gasteiger partial charge in [-0.3, -0.25) is 0 Å². The predicted molar refractivity (Wildman–Crippen MR) is 114 cm³/mol. The van der Waals surface area contributed by atoms with Crippen LogP contribution >= 0.6 is 11.6 Å². The molecule has 0 bridgehead atoms. The van der Waals surface area contributed by atoms with E-state index in [-0.39, 0.29) is 22.3 Å². The van der Waals surface area contributed by atoms with Crippen molar-refractivity contribution in [1.82, 2.24) is 19.8 Å². The standard InChI is InChI=1S/C19H23ClN6O4S/c1-12(13-3-2-4-14(9-13)31(21,28)29)22-17-15-10-26(11-16(15)23-18(20)24-17)19(27)25-5-7-30-8-6-25/h2-4,9,12H,5-8,10-11H2,1H3,(H2,21,28,29)(H,22,23,24). The summed E-state index contributed by atoms with van der Waals surface area (Å²) in [7, 11) is -3.81. The summed E-state index contributed by atoms with van der Waals surface area (Å²) < 4.78 is 28.6. The molecule has 2 aromatic rings. The first kappa shape index (κ1) is 21.8. The molecule has 1 fully saturated rings. The average Bonchev–Trinajstić information content (AvgIpc) is 3.17. The highest BCUT2D eigenvalue weighted by Gasteiger charge is 2.32. The van der Waals surface area contributed by atoms with Crippen LogP contribution in [0.1, 0.15) is 29.8 Å². The van der Waals surface area contributed by atoms with Crippen LogP contribution in [0.5, 0.6) is 0 Å². The molecule has 2 aliphatic rings. The van der Waals surface area contributed by atoms with E-state index in [0.717, 1.165) is 5.56 Å². The van der Waals surface area contributed by atoms with Crippen molar-refractivity contribution in [2.75, 3.05) is 31.6 Å². The van der Waals surface area contributed by atoms with E-state index in [2.05, 4.69) is 15.3 Å². The fraction of sp³-hybridized carbons (Fsp3) is 0.421. The molecular weight excluding hydrogens is 444 g/mol. The number of halogens is 1. The van der Waals surface area contributed by atoms with Gasteiger partial charge in [-0.05, 0) is 36.2 Å². The van der Waals surface area contributed by atoms with Crippen LogP contribution in [0.25, 0.3) is 0 Å². The summed E-state index contributed by atoms with van der Waals surface area (Å²) in [5.41, 5.74) is 2.20. The lowest BCUT2D eigenvalue weighted by Crippen LogP contribution is -2.46. The summed E-state index contributed by atoms with van der Waals surface area (Å²) in [4.78, 5) is 25.0. The molecule has 0 radical (unpaired) electrons. The molecule has 1 aromatic heterocycles. The smallest absolute Gasteiger partial charge is 0.320 e. The van der Waals surface area contributed by atoms with Gasteiger partial charge in [-0.15, -0.1) is 0 Å². The third kappa shape index (κ3) is 4.74. The molecule has 166 valence electrons. The van der Waals surface area contributed by atoms with Crippen LogP contribution in [-0.4, -0.2) is 60.5 Å². The van der Waals surface area contributed by atoms with Crippen molar-refractivity contribution in [2.45, 2.75) is 31.0 Å². The zero-order valence-electron chi connectivity index (χ0n) is 16.9. The lowest BCUT2D eigenvalue weighted by molar-refractivity contribution is 0.0429. The Balaban J connectivity index is 1.55. The first-order valence-corrected chi connectivity index (χ1v) is 11.7. The van der Waals surface area contributed by atoms with Gasteiger partial charge in [-0.1, -0.05) is 12.1 Å². The van der Waals surface area contributed by atoms with Crippen LogP contribution in [0, 0.1) is 0 Å². The number of nitrogens with zero attached hydrogens (tertiary/aromatic N) is 4. The highest BCUT2D eigenvalue weighted by atomic mass is 35.5. The molecule has 1 saturated heterocycles. The molecular formula is C19H23ClN6O4S. The molecule has 1 atom stereocenters. The van der Waals surface area contributed by atoms with Crippen molar-refractivity contribution in [3.63, 3.8) is 0 Å². The summed E-state index contributed by atoms with van der Waals surface area (Å²) in [6.45, 7) is 4.74. The molecule has 3 N–H and O–H groups in total. The number of hydrogen-bond donors (Lipinski definition) is 2. The zero-order chi connectivity index (χ0) is 22.2. The Hall–Kier alpha value is -2.47. The zero-order valence-corrected chi connectivity index (χ0v) is 18.5. The van der Waals surface area contributed by atoms with E-state index in [1.54, 1.807) is 21.9 Å². The van der Waals surface area contributed by atoms with Crippen molar-refractivity contribution in [3.8, 4) is 0 Å². The Bertz CT molecular complexity index is 1110. The molecule has 10 nitrogen and oxygen atoms in total. The van der Waals surface area contributed by atoms with E-state index in [1.165, 1.54) is 12.1 Å². The maximum atomic E-state index is 12.9. The van der Waals surface area contributed by atoms with Crippen LogP contribution < -0.4 is 10.5 Å². The molecule has 0 aliphatic carbocycles. The van der Waals surface area contributed by atoms with Gasteiger partial charge in [-0.2, -0.15) is 0 Å². The van der Waals surface area contributed by atoms with E-state index in [4.69, 9.17) is 21.5 Å². The van der Waals surface area contributed by atoms with Gasteiger partial charge in [-0.25, -0.2) is 28.3 Å². The number of aromatic nitrogens is 2. The molecule has 0 saturated carbocycles. The largest absolute Gasteiger partial charge is 0.378 e. The van der Waals surface area contributed by atoms with Gasteiger partial charge in [0.25, 0.3) is 0 Å². The quantitative estimate of drug-likeness (QED) is 0.656. The van der Waals surface area contributed by atoms with Crippen molar-refractivity contribution >= 4 is 33.5 Å². The predicted octanol–water partition coefficient (Wildman–Crippen LogP) is 1.72. The molecule has 3 heterocycles. The van der Waals surface area contributed by atoms with Crippen LogP contribution in [0.15, 0.2) is 29.2 Å². The van der Waals surface area contributed by atoms with Gasteiger partial charge < -0.3 is 19.9 Å². The Kier molecular flexibility index (Phi) is 6.02. The first-order valence-electron chi connectivity index (χ1n) is 9.78. The average molecular weight is 467 g/mol. The molecule has 31 heavy (non-hydrogen) atoms. The van der Waals surface area contributed by atoms with Gasteiger partial charge in [0.1, 0.15) is 5.82 Å². The number of morpholine rings is 1. The lowest BCUT2D eigenvalue weighted by Gasteiger charge is -2.30. The highest BCUT2D eigenvalue weighted by molar-refractivity contribution is 7.89. The maximum absolute atomic E-state index is 12.9. The summed E-state index contributed by atoms with van der Waals surface area (Å²) in [6.07, 6.45) is 0. The van der Waals surface area contributed by atoms with Gasteiger partial charge in [0.15, 0.2) is 0 Å². The van der Waals surface area contributed by atoms with E-state index < -0.39 is 10.0 Å². The first-order chi connectivity index (χ1) is 14.7. The number of ether oxygens (including phenoxy) is 1. The van der Waals surface area contributed by atoms with E-state index in [1.807, 2.05) is 6.92 Å². The second-order valence-corrected chi connectivity index (χ2v) is 9.39. The molecule has 2 amide bonds. The minimum absolute atomic E-state index is 0.0341. The monoisotopic (exact) mass is 466 g/mol. The number of benzene rings is 1. The summed E-state index contributed by atoms with van der Waals surface area (Å²) in [6, 6.07) is 6.03. The number of rotatable bonds is 4. The van der Waals surface area contributed by atoms with E-state index >= 15 is 0 Å². The molecule has 1 unspecified atom stereocenters. The number of amides is 2. The maximum Gasteiger partial charge on any atom is 0.320 e. The number of carbonyl (C=O) groups is 1. The number of sulfonamides is 1. The van der Waals surface area contributed by atoms with Crippen molar-refractivity contribution in [3.05, 3.63) is 46.4 Å². The van der Waals surface area contributed by atoms with Gasteiger partial charge in [0.2, 0.25) is 15.3 Å². The van der Waals surface area contributed by atoms with E-state index in [9.17, 15) is 13.2 Å². The number of anilines is 1. The number of carbonyl (C=O) groups excluding carboxylic acids is 1. The summed E-state index contributed by atoms with van der Waals surface area (Å²) in [5, 5.41) is 8.59. The second kappa shape index (κ2) is 8.58. The normalized spacial score (nSPS) is 17.4. The Morgan fingerprint density at radius 3 is 2.68 bits per heavy atom. The number of urea groups is 1. The van der Waals surface area contributed by atoms with Crippen LogP contribution in [0.4, 0.5) is 10.6 Å². The van der Waals surface area contributed by atoms with E-state index in [0.29, 0.717) is 56.5 Å². The summed E-state index contributed by atoms with van der Waals surface area (Å²) in [5.74, 6) is 0.515. The van der Waals surface area contributed by atoms with Crippen molar-refractivity contribution in [1.29, 1.82) is 0 Å². The SMILES string of the molecule is CC(Nc1nc(Cl)nc2c1CN(C(=O)N1CCOCC1)C2)c1cccc(S(N)(=O)=O)c1. The highest BCUT2D eigenvalue weighted by Crippen LogP contribution is 2.31. The van der Waals surface area contributed by atoms with Gasteiger partial charge in [0.05, 0.1) is 36.9 Å². The minimum atomic E-state index is -3.81. The third-order valence-corrected chi connectivity index (χ3v) is 6.43. The minimum Gasteiger partial charge on any atom is -0.378 e. The van der Waals surface area contributed by atoms with Crippen LogP contribution in [0.2, 0.25) is 5.28 Å². The molecule has 0 spiro atoms. The van der Waals surface area contributed by atoms with Gasteiger partial charge >= 0.3 is 6.03 Å². The summed E-state index contributed by atoms with van der Waals surface area (Å²) >= 11 is 6.13. The fourth-order valence-corrected chi connectivity index (χ4v) is 4.44. The van der Waals surface area contributed by atoms with Crippen molar-refractivity contribution in [2.24, 2.45) is 5.14 Å². The fourth-order valence-electron chi connectivity index (χ4n) is 3.68. The number of primary sulfonamides is 1. The number of nitrogens with one attached hydrogen (secondary N) is 1. The molecule has 12 heteroatoms. The Labute approximate surface area is 185 Å². The topological polar surface area (TPSA) is 131 Å². The Morgan fingerprint density at radius 2 is 1.97 bits per heavy atom. The number of hydrogen-bond acceptors (Lipinski definition) is 7. The molecule has 1 aromatic carbocycles. The molecule has 2 aliphatic heterocycles. The lowest BCUT2D eigenvalue weighted by atomic mass is 10.1. The second-order valence-electron chi connectivity index (χ2n) is 7.49. The van der Waals surface area contributed by atoms with Gasteiger partial charge in [0, 0.05) is 24.7 Å². The number of fused-ring (bicyclic) bond motifs is 1. The number of nitrogens with two attached hydrogens (primary N) is 1. The molecule has 4 rings (SSSR count). The van der Waals surface area contributed by atoms with Crippen LogP contribution in [0.3, 0.4) is 0 Å². The Morgan fingerprint density at radius 1 is 1.23 bits per heavy atom. The van der Waals surface area contributed by atoms with Crippen molar-refractivity contribution < 1.29 is 17.9 Å².